The number of para-hydroxylation sites is 1. The van der Waals surface area contributed by atoms with Crippen LogP contribution in [0.3, 0.4) is 0 Å². The topological polar surface area (TPSA) is 103 Å². The first kappa shape index (κ1) is 25.9. The van der Waals surface area contributed by atoms with Gasteiger partial charge < -0.3 is 19.5 Å². The molecule has 2 N–H and O–H groups in total. The Labute approximate surface area is 206 Å². The molecule has 0 bridgehead atoms. The molecule has 0 fully saturated rings. The van der Waals surface area contributed by atoms with Crippen molar-refractivity contribution in [3.8, 4) is 17.2 Å². The molecule has 0 saturated carbocycles. The van der Waals surface area contributed by atoms with Crippen LogP contribution in [0.1, 0.15) is 27.0 Å². The van der Waals surface area contributed by atoms with Crippen LogP contribution in [-0.4, -0.2) is 42.2 Å². The number of rotatable bonds is 10. The molecule has 0 spiro atoms. The van der Waals surface area contributed by atoms with Gasteiger partial charge in [0.2, 0.25) is 0 Å². The number of sulfonamides is 1. The number of carbonyl (C=O) groups is 1. The Balaban J connectivity index is 1.75. The second-order valence-electron chi connectivity index (χ2n) is 7.94. The van der Waals surface area contributed by atoms with Crippen molar-refractivity contribution in [2.24, 2.45) is 0 Å². The van der Waals surface area contributed by atoms with Crippen molar-refractivity contribution >= 4 is 21.6 Å². The summed E-state index contributed by atoms with van der Waals surface area (Å²) in [6.07, 6.45) is 0.560. The molecule has 0 radical (unpaired) electrons. The van der Waals surface area contributed by atoms with Crippen molar-refractivity contribution in [1.82, 2.24) is 5.32 Å². The SMILES string of the molecule is COc1cc(C)c(S(=O)(=O)Nc2ccccc2C(=O)NCCc2ccc(OC)c(OC)c2)c(C)c1. The van der Waals surface area contributed by atoms with Gasteiger partial charge in [0.05, 0.1) is 37.5 Å². The molecule has 3 aromatic carbocycles. The highest BCUT2D eigenvalue weighted by Gasteiger charge is 2.23. The smallest absolute Gasteiger partial charge is 0.262 e. The Bertz CT molecular complexity index is 1300. The average molecular weight is 499 g/mol. The molecule has 3 rings (SSSR count). The fourth-order valence-electron chi connectivity index (χ4n) is 3.87. The monoisotopic (exact) mass is 498 g/mol. The Hall–Kier alpha value is -3.72. The maximum Gasteiger partial charge on any atom is 0.262 e. The summed E-state index contributed by atoms with van der Waals surface area (Å²) in [5, 5.41) is 2.85. The highest BCUT2D eigenvalue weighted by Crippen LogP contribution is 2.29. The minimum atomic E-state index is -3.94. The highest BCUT2D eigenvalue weighted by atomic mass is 32.2. The number of nitrogens with one attached hydrogen (secondary N) is 2. The number of benzene rings is 3. The fourth-order valence-corrected chi connectivity index (χ4v) is 5.41. The van der Waals surface area contributed by atoms with E-state index in [0.29, 0.717) is 41.3 Å². The van der Waals surface area contributed by atoms with Gasteiger partial charge in [0, 0.05) is 6.54 Å². The summed E-state index contributed by atoms with van der Waals surface area (Å²) < 4.78 is 44.8. The van der Waals surface area contributed by atoms with E-state index in [-0.39, 0.29) is 22.1 Å². The first-order valence-electron chi connectivity index (χ1n) is 11.0. The average Bonchev–Trinajstić information content (AvgIpc) is 2.83. The Morgan fingerprint density at radius 3 is 2.14 bits per heavy atom. The van der Waals surface area contributed by atoms with Crippen molar-refractivity contribution in [1.29, 1.82) is 0 Å². The van der Waals surface area contributed by atoms with Crippen LogP contribution in [-0.2, 0) is 16.4 Å². The number of amides is 1. The summed E-state index contributed by atoms with van der Waals surface area (Å²) >= 11 is 0. The van der Waals surface area contributed by atoms with Crippen molar-refractivity contribution in [2.75, 3.05) is 32.6 Å². The van der Waals surface area contributed by atoms with Gasteiger partial charge in [-0.05, 0) is 73.4 Å². The molecule has 0 atom stereocenters. The molecule has 9 heteroatoms. The lowest BCUT2D eigenvalue weighted by molar-refractivity contribution is 0.0955. The largest absolute Gasteiger partial charge is 0.497 e. The Kier molecular flexibility index (Phi) is 8.24. The van der Waals surface area contributed by atoms with Crippen LogP contribution in [0, 0.1) is 13.8 Å². The van der Waals surface area contributed by atoms with Crippen LogP contribution in [0.25, 0.3) is 0 Å². The van der Waals surface area contributed by atoms with E-state index in [1.165, 1.54) is 7.11 Å². The number of hydrogen-bond donors (Lipinski definition) is 2. The van der Waals surface area contributed by atoms with E-state index < -0.39 is 10.0 Å². The minimum absolute atomic E-state index is 0.155. The molecule has 8 nitrogen and oxygen atoms in total. The van der Waals surface area contributed by atoms with E-state index in [1.54, 1.807) is 64.5 Å². The normalized spacial score (nSPS) is 11.0. The van der Waals surface area contributed by atoms with E-state index in [2.05, 4.69) is 10.0 Å². The lowest BCUT2D eigenvalue weighted by Crippen LogP contribution is -2.27. The van der Waals surface area contributed by atoms with Gasteiger partial charge in [-0.25, -0.2) is 8.42 Å². The zero-order chi connectivity index (χ0) is 25.6. The summed E-state index contributed by atoms with van der Waals surface area (Å²) in [5.41, 5.74) is 2.48. The first-order valence-corrected chi connectivity index (χ1v) is 12.4. The third-order valence-electron chi connectivity index (χ3n) is 5.50. The minimum Gasteiger partial charge on any atom is -0.497 e. The number of methoxy groups -OCH3 is 3. The van der Waals surface area contributed by atoms with Gasteiger partial charge in [0.1, 0.15) is 5.75 Å². The predicted molar refractivity (Wildman–Crippen MR) is 135 cm³/mol. The Morgan fingerprint density at radius 2 is 1.51 bits per heavy atom. The molecule has 0 aliphatic rings. The number of hydrogen-bond acceptors (Lipinski definition) is 6. The molecule has 0 aliphatic carbocycles. The van der Waals surface area contributed by atoms with Gasteiger partial charge >= 0.3 is 0 Å². The van der Waals surface area contributed by atoms with Gasteiger partial charge in [-0.3, -0.25) is 9.52 Å². The zero-order valence-corrected chi connectivity index (χ0v) is 21.3. The quantitative estimate of drug-likeness (QED) is 0.436. The van der Waals surface area contributed by atoms with Gasteiger partial charge in [-0.1, -0.05) is 18.2 Å². The van der Waals surface area contributed by atoms with Crippen LogP contribution in [0.4, 0.5) is 5.69 Å². The van der Waals surface area contributed by atoms with Crippen molar-refractivity contribution in [3.63, 3.8) is 0 Å². The molecule has 3 aromatic rings. The van der Waals surface area contributed by atoms with Crippen LogP contribution < -0.4 is 24.2 Å². The second-order valence-corrected chi connectivity index (χ2v) is 9.56. The van der Waals surface area contributed by atoms with Gasteiger partial charge in [-0.2, -0.15) is 0 Å². The Morgan fingerprint density at radius 1 is 0.857 bits per heavy atom. The first-order chi connectivity index (χ1) is 16.7. The molecule has 0 aromatic heterocycles. The summed E-state index contributed by atoms with van der Waals surface area (Å²) in [6.45, 7) is 3.76. The van der Waals surface area contributed by atoms with Crippen molar-refractivity contribution in [3.05, 3.63) is 76.9 Å². The van der Waals surface area contributed by atoms with Crippen LogP contribution in [0.5, 0.6) is 17.2 Å². The maximum absolute atomic E-state index is 13.2. The molecule has 1 amide bonds. The lowest BCUT2D eigenvalue weighted by Gasteiger charge is -2.16. The zero-order valence-electron chi connectivity index (χ0n) is 20.5. The van der Waals surface area contributed by atoms with Crippen LogP contribution in [0.2, 0.25) is 0 Å². The summed E-state index contributed by atoms with van der Waals surface area (Å²) in [6, 6.07) is 15.4. The molecule has 0 saturated heterocycles. The summed E-state index contributed by atoms with van der Waals surface area (Å²) in [4.78, 5) is 13.1. The van der Waals surface area contributed by atoms with E-state index in [4.69, 9.17) is 14.2 Å². The number of aryl methyl sites for hydroxylation is 2. The molecular formula is C26H30N2O6S. The molecule has 35 heavy (non-hydrogen) atoms. The number of carbonyl (C=O) groups excluding carboxylic acids is 1. The lowest BCUT2D eigenvalue weighted by atomic mass is 10.1. The van der Waals surface area contributed by atoms with Crippen LogP contribution >= 0.6 is 0 Å². The van der Waals surface area contributed by atoms with Crippen molar-refractivity contribution in [2.45, 2.75) is 25.2 Å². The van der Waals surface area contributed by atoms with E-state index in [9.17, 15) is 13.2 Å². The standard InChI is InChI=1S/C26H30N2O6S/c1-17-14-20(32-3)15-18(2)25(17)35(30,31)28-22-9-7-6-8-21(22)26(29)27-13-12-19-10-11-23(33-4)24(16-19)34-5/h6-11,14-16,28H,12-13H2,1-5H3,(H,27,29). The highest BCUT2D eigenvalue weighted by molar-refractivity contribution is 7.92. The third kappa shape index (κ3) is 6.05. The van der Waals surface area contributed by atoms with Gasteiger partial charge in [0.15, 0.2) is 11.5 Å². The fraction of sp³-hybridized carbons (Fsp3) is 0.269. The molecule has 0 aliphatic heterocycles. The predicted octanol–water partition coefficient (Wildman–Crippen LogP) is 4.10. The maximum atomic E-state index is 13.2. The van der Waals surface area contributed by atoms with Crippen LogP contribution in [0.15, 0.2) is 59.5 Å². The third-order valence-corrected chi connectivity index (χ3v) is 7.17. The summed E-state index contributed by atoms with van der Waals surface area (Å²) in [5.74, 6) is 1.43. The molecule has 0 heterocycles. The number of anilines is 1. The van der Waals surface area contributed by atoms with E-state index in [1.807, 2.05) is 18.2 Å². The van der Waals surface area contributed by atoms with E-state index >= 15 is 0 Å². The van der Waals surface area contributed by atoms with Gasteiger partial charge in [0.25, 0.3) is 15.9 Å². The second kappa shape index (κ2) is 11.1. The van der Waals surface area contributed by atoms with E-state index in [0.717, 1.165) is 5.56 Å². The van der Waals surface area contributed by atoms with Crippen molar-refractivity contribution < 1.29 is 27.4 Å². The molecular weight excluding hydrogens is 468 g/mol. The molecule has 0 unspecified atom stereocenters. The van der Waals surface area contributed by atoms with Gasteiger partial charge in [-0.15, -0.1) is 0 Å². The molecule has 186 valence electrons. The number of ether oxygens (including phenoxy) is 3. The summed E-state index contributed by atoms with van der Waals surface area (Å²) in [7, 11) is 0.720.